The Labute approximate surface area is 81.0 Å². The van der Waals surface area contributed by atoms with Gasteiger partial charge in [0.25, 0.3) is 0 Å². The van der Waals surface area contributed by atoms with Gasteiger partial charge in [0.05, 0.1) is 13.2 Å². The second kappa shape index (κ2) is 11.9. The van der Waals surface area contributed by atoms with Crippen LogP contribution in [-0.4, -0.2) is 31.7 Å². The summed E-state index contributed by atoms with van der Waals surface area (Å²) in [7, 11) is 0. The Kier molecular flexibility index (Phi) is 11.8. The Morgan fingerprint density at radius 1 is 1.08 bits per heavy atom. The van der Waals surface area contributed by atoms with Crippen molar-refractivity contribution in [3.8, 4) is 0 Å². The Balaban J connectivity index is 0.000000223. The van der Waals surface area contributed by atoms with Gasteiger partial charge in [-0.15, -0.1) is 0 Å². The highest BCUT2D eigenvalue weighted by Crippen LogP contribution is 1.96. The van der Waals surface area contributed by atoms with Gasteiger partial charge in [0.1, 0.15) is 6.79 Å². The molecule has 0 aromatic carbocycles. The van der Waals surface area contributed by atoms with Crippen LogP contribution in [0.15, 0.2) is 0 Å². The lowest BCUT2D eigenvalue weighted by Crippen LogP contribution is -2.11. The number of hydrogen-bond donors (Lipinski definition) is 1. The lowest BCUT2D eigenvalue weighted by atomic mass is 10.2. The van der Waals surface area contributed by atoms with Crippen LogP contribution >= 0.6 is 0 Å². The van der Waals surface area contributed by atoms with Crippen LogP contribution in [0, 0.1) is 0 Å². The van der Waals surface area contributed by atoms with Gasteiger partial charge in [-0.2, -0.15) is 0 Å². The molecule has 1 aliphatic heterocycles. The van der Waals surface area contributed by atoms with E-state index in [9.17, 15) is 0 Å². The van der Waals surface area contributed by atoms with Gasteiger partial charge in [-0.25, -0.2) is 0 Å². The van der Waals surface area contributed by atoms with E-state index in [0.29, 0.717) is 13.4 Å². The molecule has 1 saturated heterocycles. The second-order valence-corrected chi connectivity index (χ2v) is 3.07. The van der Waals surface area contributed by atoms with E-state index >= 15 is 0 Å². The first-order valence-corrected chi connectivity index (χ1v) is 5.18. The Morgan fingerprint density at radius 2 is 1.77 bits per heavy atom. The van der Waals surface area contributed by atoms with Crippen molar-refractivity contribution >= 4 is 0 Å². The first-order chi connectivity index (χ1) is 6.41. The number of aliphatic hydroxyl groups excluding tert-OH is 1. The molecule has 0 unspecified atom stereocenters. The molecule has 1 heterocycles. The summed E-state index contributed by atoms with van der Waals surface area (Å²) < 4.78 is 9.69. The minimum atomic E-state index is 0.361. The van der Waals surface area contributed by atoms with Crippen LogP contribution in [0.25, 0.3) is 0 Å². The van der Waals surface area contributed by atoms with E-state index in [-0.39, 0.29) is 0 Å². The van der Waals surface area contributed by atoms with E-state index in [4.69, 9.17) is 14.6 Å². The summed E-state index contributed by atoms with van der Waals surface area (Å²) in [5.74, 6) is 0. The van der Waals surface area contributed by atoms with Crippen molar-refractivity contribution in [2.24, 2.45) is 0 Å². The maximum Gasteiger partial charge on any atom is 0.146 e. The monoisotopic (exact) mass is 190 g/mol. The van der Waals surface area contributed by atoms with E-state index in [1.54, 1.807) is 0 Å². The third-order valence-corrected chi connectivity index (χ3v) is 1.76. The zero-order valence-electron chi connectivity index (χ0n) is 8.63. The summed E-state index contributed by atoms with van der Waals surface area (Å²) >= 11 is 0. The molecule has 0 atom stereocenters. The molecule has 0 spiro atoms. The van der Waals surface area contributed by atoms with Gasteiger partial charge in [-0.1, -0.05) is 26.2 Å². The number of unbranched alkanes of at least 4 members (excludes halogenated alkanes) is 3. The van der Waals surface area contributed by atoms with Crippen LogP contribution < -0.4 is 0 Å². The van der Waals surface area contributed by atoms with Gasteiger partial charge in [0, 0.05) is 6.61 Å². The molecule has 0 saturated carbocycles. The molecule has 0 aromatic rings. The first kappa shape index (κ1) is 12.9. The molecule has 3 heteroatoms. The third-order valence-electron chi connectivity index (χ3n) is 1.76. The standard InChI is InChI=1S/C6H14O.C4H8O2/c1-2-3-4-5-6-7;1-2-5-4-6-3-1/h7H,2-6H2,1H3;1-4H2. The Bertz CT molecular complexity index is 66.7. The van der Waals surface area contributed by atoms with Crippen LogP contribution in [0.4, 0.5) is 0 Å². The van der Waals surface area contributed by atoms with Crippen molar-refractivity contribution in [1.82, 2.24) is 0 Å². The summed E-state index contributed by atoms with van der Waals surface area (Å²) in [4.78, 5) is 0. The molecule has 0 aromatic heterocycles. The van der Waals surface area contributed by atoms with Crippen molar-refractivity contribution in [3.63, 3.8) is 0 Å². The predicted octanol–water partition coefficient (Wildman–Crippen LogP) is 1.94. The zero-order valence-corrected chi connectivity index (χ0v) is 8.63. The van der Waals surface area contributed by atoms with Crippen molar-refractivity contribution in [2.45, 2.75) is 39.0 Å². The van der Waals surface area contributed by atoms with E-state index in [0.717, 1.165) is 26.1 Å². The van der Waals surface area contributed by atoms with E-state index in [1.165, 1.54) is 19.3 Å². The van der Waals surface area contributed by atoms with Crippen molar-refractivity contribution in [2.75, 3.05) is 26.6 Å². The molecule has 0 bridgehead atoms. The smallest absolute Gasteiger partial charge is 0.146 e. The maximum atomic E-state index is 8.29. The molecular formula is C10H22O3. The molecule has 80 valence electrons. The highest BCUT2D eigenvalue weighted by atomic mass is 16.7. The van der Waals surface area contributed by atoms with Gasteiger partial charge in [0.2, 0.25) is 0 Å². The SMILES string of the molecule is C1COCOC1.CCCCCCO. The molecule has 0 amide bonds. The lowest BCUT2D eigenvalue weighted by Gasteiger charge is -2.09. The molecule has 0 radical (unpaired) electrons. The third kappa shape index (κ3) is 11.9. The van der Waals surface area contributed by atoms with Crippen LogP contribution in [0.2, 0.25) is 0 Å². The van der Waals surface area contributed by atoms with E-state index in [2.05, 4.69) is 6.92 Å². The lowest BCUT2D eigenvalue weighted by molar-refractivity contribution is -0.0963. The largest absolute Gasteiger partial charge is 0.396 e. The van der Waals surface area contributed by atoms with Gasteiger partial charge in [-0.3, -0.25) is 0 Å². The average molecular weight is 190 g/mol. The number of aliphatic hydroxyl groups is 1. The topological polar surface area (TPSA) is 38.7 Å². The molecule has 1 rings (SSSR count). The first-order valence-electron chi connectivity index (χ1n) is 5.18. The van der Waals surface area contributed by atoms with Gasteiger partial charge >= 0.3 is 0 Å². The molecule has 1 N–H and O–H groups in total. The molecule has 13 heavy (non-hydrogen) atoms. The minimum Gasteiger partial charge on any atom is -0.396 e. The zero-order chi connectivity index (χ0) is 9.78. The van der Waals surface area contributed by atoms with Crippen LogP contribution in [0.1, 0.15) is 39.0 Å². The highest BCUT2D eigenvalue weighted by molar-refractivity contribution is 4.36. The number of ether oxygens (including phenoxy) is 2. The summed E-state index contributed by atoms with van der Waals surface area (Å²) in [5.41, 5.74) is 0. The van der Waals surface area contributed by atoms with Crippen LogP contribution in [-0.2, 0) is 9.47 Å². The maximum absolute atomic E-state index is 8.29. The summed E-state index contributed by atoms with van der Waals surface area (Å²) in [6.45, 7) is 4.78. The summed E-state index contributed by atoms with van der Waals surface area (Å²) in [6, 6.07) is 0. The minimum absolute atomic E-state index is 0.361. The molecular weight excluding hydrogens is 168 g/mol. The Morgan fingerprint density at radius 3 is 2.08 bits per heavy atom. The molecule has 1 aliphatic rings. The fourth-order valence-corrected chi connectivity index (χ4v) is 0.978. The van der Waals surface area contributed by atoms with Crippen molar-refractivity contribution < 1.29 is 14.6 Å². The fraction of sp³-hybridized carbons (Fsp3) is 1.00. The second-order valence-electron chi connectivity index (χ2n) is 3.07. The summed E-state index contributed by atoms with van der Waals surface area (Å²) in [5, 5.41) is 8.29. The molecule has 0 aliphatic carbocycles. The van der Waals surface area contributed by atoms with Crippen LogP contribution in [0.3, 0.4) is 0 Å². The number of rotatable bonds is 4. The van der Waals surface area contributed by atoms with E-state index < -0.39 is 0 Å². The normalized spacial score (nSPS) is 16.2. The fourth-order valence-electron chi connectivity index (χ4n) is 0.978. The molecule has 1 fully saturated rings. The van der Waals surface area contributed by atoms with Gasteiger partial charge in [-0.05, 0) is 12.8 Å². The average Bonchev–Trinajstić information content (AvgIpc) is 2.22. The highest BCUT2D eigenvalue weighted by Gasteiger charge is 1.94. The quantitative estimate of drug-likeness (QED) is 0.688. The van der Waals surface area contributed by atoms with Crippen LogP contribution in [0.5, 0.6) is 0 Å². The Hall–Kier alpha value is -0.120. The number of hydrogen-bond acceptors (Lipinski definition) is 3. The van der Waals surface area contributed by atoms with Gasteiger partial charge < -0.3 is 14.6 Å². The summed E-state index contributed by atoms with van der Waals surface area (Å²) in [6.07, 6.45) is 5.74. The van der Waals surface area contributed by atoms with Crippen molar-refractivity contribution in [3.05, 3.63) is 0 Å². The van der Waals surface area contributed by atoms with Gasteiger partial charge in [0.15, 0.2) is 0 Å². The molecule has 3 nitrogen and oxygen atoms in total. The predicted molar refractivity (Wildman–Crippen MR) is 52.6 cm³/mol. The van der Waals surface area contributed by atoms with Crippen molar-refractivity contribution in [1.29, 1.82) is 0 Å². The van der Waals surface area contributed by atoms with E-state index in [1.807, 2.05) is 0 Å².